The minimum absolute atomic E-state index is 0.0105. The molecule has 3 aromatic carbocycles. The van der Waals surface area contributed by atoms with Crippen molar-refractivity contribution in [1.82, 2.24) is 10.2 Å². The van der Waals surface area contributed by atoms with Crippen molar-refractivity contribution < 1.29 is 18.9 Å². The van der Waals surface area contributed by atoms with Gasteiger partial charge in [-0.25, -0.2) is 14.3 Å². The fourth-order valence-corrected chi connectivity index (χ4v) is 5.06. The molecule has 2 heterocycles. The maximum atomic E-state index is 13.4. The number of hydrogen-bond acceptors (Lipinski definition) is 7. The van der Waals surface area contributed by atoms with Gasteiger partial charge in [-0.3, -0.25) is 24.7 Å². The van der Waals surface area contributed by atoms with E-state index < -0.39 is 11.0 Å². The zero-order valence-electron chi connectivity index (χ0n) is 20.0. The van der Waals surface area contributed by atoms with E-state index in [1.165, 1.54) is 40.9 Å². The molecule has 192 valence electrons. The third kappa shape index (κ3) is 5.47. The Labute approximate surface area is 221 Å². The number of nitrogens with zero attached hydrogens (tertiary/aromatic N) is 4. The number of halogens is 1. The first-order valence-electron chi connectivity index (χ1n) is 11.9. The fourth-order valence-electron chi connectivity index (χ4n) is 4.11. The van der Waals surface area contributed by atoms with Crippen LogP contribution in [0, 0.1) is 15.9 Å². The topological polar surface area (TPSA) is 117 Å². The summed E-state index contributed by atoms with van der Waals surface area (Å²) in [7, 11) is 0. The molecule has 0 aliphatic carbocycles. The smallest absolute Gasteiger partial charge is 0.269 e. The summed E-state index contributed by atoms with van der Waals surface area (Å²) >= 11 is 1.34. The Morgan fingerprint density at radius 2 is 1.76 bits per heavy atom. The SMILES string of the molecule is O=C(CC[C@H]1N=C2c3ccccc3N=C(SCc3ccc([N+](=O)[O-])cc3)N2C1=O)NCc1ccc(F)cc1. The standard InChI is InChI=1S/C27H22FN5O4S/c28-19-9-5-17(6-10-19)15-29-24(34)14-13-23-26(35)32-25(30-23)21-3-1-2-4-22(21)31-27(32)38-16-18-7-11-20(12-8-18)33(36)37/h1-12,23H,13-16H2,(H,29,34)/t23-/m1/s1. The number of fused-ring (bicyclic) bond motifs is 3. The Morgan fingerprint density at radius 1 is 1.05 bits per heavy atom. The van der Waals surface area contributed by atoms with Gasteiger partial charge in [0.1, 0.15) is 17.7 Å². The number of nitrogens with one attached hydrogen (secondary N) is 1. The van der Waals surface area contributed by atoms with Crippen molar-refractivity contribution >= 4 is 46.0 Å². The zero-order chi connectivity index (χ0) is 26.6. The Hall–Kier alpha value is -4.38. The van der Waals surface area contributed by atoms with Crippen LogP contribution in [0.3, 0.4) is 0 Å². The van der Waals surface area contributed by atoms with Crippen LogP contribution in [-0.4, -0.2) is 38.7 Å². The molecule has 0 saturated carbocycles. The quantitative estimate of drug-likeness (QED) is 0.333. The molecule has 0 fully saturated rings. The van der Waals surface area contributed by atoms with Gasteiger partial charge >= 0.3 is 0 Å². The second-order valence-electron chi connectivity index (χ2n) is 8.71. The van der Waals surface area contributed by atoms with Crippen LogP contribution >= 0.6 is 11.8 Å². The van der Waals surface area contributed by atoms with Gasteiger partial charge in [0, 0.05) is 36.4 Å². The third-order valence-electron chi connectivity index (χ3n) is 6.11. The van der Waals surface area contributed by atoms with Crippen LogP contribution in [0.2, 0.25) is 0 Å². The monoisotopic (exact) mass is 531 g/mol. The first-order chi connectivity index (χ1) is 18.4. The minimum atomic E-state index is -0.724. The number of para-hydroxylation sites is 1. The molecular formula is C27H22FN5O4S. The molecule has 38 heavy (non-hydrogen) atoms. The van der Waals surface area contributed by atoms with Crippen molar-refractivity contribution in [2.75, 3.05) is 0 Å². The van der Waals surface area contributed by atoms with E-state index in [-0.39, 0.29) is 42.7 Å². The van der Waals surface area contributed by atoms with Crippen molar-refractivity contribution in [1.29, 1.82) is 0 Å². The van der Waals surface area contributed by atoms with Crippen LogP contribution in [0.5, 0.6) is 0 Å². The van der Waals surface area contributed by atoms with Gasteiger partial charge in [0.25, 0.3) is 11.6 Å². The van der Waals surface area contributed by atoms with Gasteiger partial charge in [-0.2, -0.15) is 0 Å². The lowest BCUT2D eigenvalue weighted by molar-refractivity contribution is -0.384. The maximum Gasteiger partial charge on any atom is 0.269 e. The normalized spacial score (nSPS) is 15.9. The van der Waals surface area contributed by atoms with Crippen LogP contribution in [0.4, 0.5) is 15.8 Å². The Morgan fingerprint density at radius 3 is 2.50 bits per heavy atom. The summed E-state index contributed by atoms with van der Waals surface area (Å²) in [6.07, 6.45) is 0.336. The molecule has 1 atom stereocenters. The summed E-state index contributed by atoms with van der Waals surface area (Å²) < 4.78 is 13.1. The number of benzene rings is 3. The Kier molecular flexibility index (Phi) is 7.27. The number of nitro groups is 1. The lowest BCUT2D eigenvalue weighted by Gasteiger charge is -2.25. The van der Waals surface area contributed by atoms with Crippen molar-refractivity contribution in [2.24, 2.45) is 9.98 Å². The Bertz CT molecular complexity index is 1460. The molecule has 3 aromatic rings. The zero-order valence-corrected chi connectivity index (χ0v) is 20.9. The van der Waals surface area contributed by atoms with Gasteiger partial charge in [-0.1, -0.05) is 48.2 Å². The number of amidine groups is 2. The molecule has 11 heteroatoms. The van der Waals surface area contributed by atoms with Crippen LogP contribution in [0.1, 0.15) is 29.5 Å². The fraction of sp³-hybridized carbons (Fsp3) is 0.185. The van der Waals surface area contributed by atoms with E-state index in [1.807, 2.05) is 24.3 Å². The van der Waals surface area contributed by atoms with E-state index in [4.69, 9.17) is 0 Å². The molecule has 1 N–H and O–H groups in total. The molecule has 0 spiro atoms. The van der Waals surface area contributed by atoms with Crippen LogP contribution in [-0.2, 0) is 21.9 Å². The highest BCUT2D eigenvalue weighted by Gasteiger charge is 2.41. The molecule has 9 nitrogen and oxygen atoms in total. The number of hydrogen-bond donors (Lipinski definition) is 1. The molecule has 2 aliphatic heterocycles. The van der Waals surface area contributed by atoms with Crippen molar-refractivity contribution in [2.45, 2.75) is 31.2 Å². The van der Waals surface area contributed by atoms with Gasteiger partial charge in [0.15, 0.2) is 5.17 Å². The van der Waals surface area contributed by atoms with E-state index in [1.54, 1.807) is 24.3 Å². The number of carbonyl (C=O) groups excluding carboxylic acids is 2. The predicted octanol–water partition coefficient (Wildman–Crippen LogP) is 4.72. The van der Waals surface area contributed by atoms with Crippen molar-refractivity contribution in [3.63, 3.8) is 0 Å². The van der Waals surface area contributed by atoms with Crippen molar-refractivity contribution in [3.05, 3.63) is 105 Å². The third-order valence-corrected chi connectivity index (χ3v) is 7.12. The average molecular weight is 532 g/mol. The summed E-state index contributed by atoms with van der Waals surface area (Å²) in [6.45, 7) is 0.266. The molecule has 0 saturated heterocycles. The first kappa shape index (κ1) is 25.3. The second-order valence-corrected chi connectivity index (χ2v) is 9.65. The number of amides is 2. The van der Waals surface area contributed by atoms with Gasteiger partial charge in [-0.05, 0) is 41.8 Å². The van der Waals surface area contributed by atoms with E-state index in [0.717, 1.165) is 16.7 Å². The summed E-state index contributed by atoms with van der Waals surface area (Å²) in [4.78, 5) is 47.1. The van der Waals surface area contributed by atoms with Crippen LogP contribution in [0.25, 0.3) is 0 Å². The number of rotatable bonds is 8. The predicted molar refractivity (Wildman–Crippen MR) is 143 cm³/mol. The van der Waals surface area contributed by atoms with Gasteiger partial charge in [0.05, 0.1) is 10.6 Å². The minimum Gasteiger partial charge on any atom is -0.352 e. The summed E-state index contributed by atoms with van der Waals surface area (Å²) in [6, 6.07) is 18.8. The number of thioether (sulfide) groups is 1. The molecule has 2 aliphatic rings. The van der Waals surface area contributed by atoms with Gasteiger partial charge < -0.3 is 5.32 Å². The number of carbonyl (C=O) groups is 2. The summed E-state index contributed by atoms with van der Waals surface area (Å²) in [5.74, 6) is 0.131. The largest absolute Gasteiger partial charge is 0.352 e. The average Bonchev–Trinajstić information content (AvgIpc) is 3.27. The molecule has 0 aromatic heterocycles. The van der Waals surface area contributed by atoms with Crippen LogP contribution in [0.15, 0.2) is 82.8 Å². The lowest BCUT2D eigenvalue weighted by atomic mass is 10.1. The van der Waals surface area contributed by atoms with E-state index in [9.17, 15) is 24.1 Å². The van der Waals surface area contributed by atoms with Gasteiger partial charge in [0.2, 0.25) is 5.91 Å². The number of nitro benzene ring substituents is 1. The van der Waals surface area contributed by atoms with Gasteiger partial charge in [-0.15, -0.1) is 0 Å². The molecule has 0 radical (unpaired) electrons. The molecule has 5 rings (SSSR count). The number of non-ortho nitro benzene ring substituents is 1. The molecular weight excluding hydrogens is 509 g/mol. The first-order valence-corrected chi connectivity index (χ1v) is 12.8. The highest BCUT2D eigenvalue weighted by atomic mass is 32.2. The molecule has 0 bridgehead atoms. The van der Waals surface area contributed by atoms with Crippen LogP contribution < -0.4 is 5.32 Å². The summed E-state index contributed by atoms with van der Waals surface area (Å²) in [5.41, 5.74) is 3.07. The molecule has 0 unspecified atom stereocenters. The Balaban J connectivity index is 1.26. The highest BCUT2D eigenvalue weighted by Crippen LogP contribution is 2.35. The van der Waals surface area contributed by atoms with E-state index in [2.05, 4.69) is 15.3 Å². The van der Waals surface area contributed by atoms with Crippen molar-refractivity contribution in [3.8, 4) is 0 Å². The highest BCUT2D eigenvalue weighted by molar-refractivity contribution is 8.13. The second kappa shape index (κ2) is 10.9. The summed E-state index contributed by atoms with van der Waals surface area (Å²) in [5, 5.41) is 14.2. The lowest BCUT2D eigenvalue weighted by Crippen LogP contribution is -2.41. The number of aliphatic imine (C=N–C) groups is 2. The van der Waals surface area contributed by atoms with E-state index in [0.29, 0.717) is 22.4 Å². The maximum absolute atomic E-state index is 13.4. The van der Waals surface area contributed by atoms with E-state index >= 15 is 0 Å². The molecule has 2 amide bonds.